The van der Waals surface area contributed by atoms with Gasteiger partial charge in [-0.25, -0.2) is 4.98 Å². The average molecular weight is 269 g/mol. The van der Waals surface area contributed by atoms with Crippen molar-refractivity contribution < 1.29 is 0 Å². The van der Waals surface area contributed by atoms with Crippen molar-refractivity contribution >= 4 is 5.82 Å². The maximum Gasteiger partial charge on any atom is 0.256 e. The van der Waals surface area contributed by atoms with Gasteiger partial charge in [0.15, 0.2) is 0 Å². The number of anilines is 1. The largest absolute Gasteiger partial charge is 0.383 e. The molecule has 0 atom stereocenters. The molecule has 0 fully saturated rings. The van der Waals surface area contributed by atoms with Crippen LogP contribution in [-0.2, 0) is 12.8 Å². The highest BCUT2D eigenvalue weighted by Crippen LogP contribution is 2.32. The molecule has 0 bridgehead atoms. The molecule has 2 aromatic rings. The molecule has 3 N–H and O–H groups in total. The molecule has 0 aliphatic heterocycles. The van der Waals surface area contributed by atoms with Gasteiger partial charge in [0.25, 0.3) is 5.56 Å². The highest BCUT2D eigenvalue weighted by Gasteiger charge is 2.25. The lowest BCUT2D eigenvalue weighted by Gasteiger charge is -2.12. The molecule has 20 heavy (non-hydrogen) atoms. The fraction of sp³-hybridized carbons (Fsp3) is 0.375. The minimum absolute atomic E-state index is 0.0843. The fourth-order valence-electron chi connectivity index (χ4n) is 3.02. The first-order valence-electron chi connectivity index (χ1n) is 7.02. The summed E-state index contributed by atoms with van der Waals surface area (Å²) in [5.41, 5.74) is 9.13. The maximum absolute atomic E-state index is 12.2. The third kappa shape index (κ3) is 2.11. The average Bonchev–Trinajstić information content (AvgIpc) is 2.81. The second kappa shape index (κ2) is 4.78. The van der Waals surface area contributed by atoms with Gasteiger partial charge in [-0.3, -0.25) is 4.79 Å². The molecule has 1 aliphatic carbocycles. The smallest absolute Gasteiger partial charge is 0.256 e. The third-order valence-electron chi connectivity index (χ3n) is 4.02. The van der Waals surface area contributed by atoms with Crippen LogP contribution in [0.1, 0.15) is 48.2 Å². The zero-order valence-electron chi connectivity index (χ0n) is 11.8. The van der Waals surface area contributed by atoms with Gasteiger partial charge in [0.05, 0.1) is 5.56 Å². The number of benzene rings is 1. The molecule has 104 valence electrons. The molecule has 1 aliphatic rings. The normalized spacial score (nSPS) is 14.8. The van der Waals surface area contributed by atoms with Crippen LogP contribution in [-0.4, -0.2) is 9.97 Å². The molecule has 3 rings (SSSR count). The molecule has 0 saturated heterocycles. The monoisotopic (exact) mass is 269 g/mol. The molecule has 0 unspecified atom stereocenters. The number of nitrogens with one attached hydrogen (secondary N) is 1. The first kappa shape index (κ1) is 12.9. The van der Waals surface area contributed by atoms with Crippen LogP contribution in [0.2, 0.25) is 0 Å². The molecule has 1 aromatic carbocycles. The van der Waals surface area contributed by atoms with Crippen molar-refractivity contribution in [3.8, 4) is 0 Å². The summed E-state index contributed by atoms with van der Waals surface area (Å²) < 4.78 is 0. The quantitative estimate of drug-likeness (QED) is 0.879. The number of nitrogen functional groups attached to an aromatic ring is 1. The Hall–Kier alpha value is -2.10. The van der Waals surface area contributed by atoms with Gasteiger partial charge in [0.2, 0.25) is 0 Å². The Morgan fingerprint density at radius 3 is 2.35 bits per heavy atom. The third-order valence-corrected chi connectivity index (χ3v) is 4.02. The summed E-state index contributed by atoms with van der Waals surface area (Å²) in [5.74, 6) is 1.40. The van der Waals surface area contributed by atoms with E-state index in [1.165, 1.54) is 11.1 Å². The van der Waals surface area contributed by atoms with Crippen LogP contribution < -0.4 is 11.3 Å². The number of nitrogens with zero attached hydrogens (tertiary/aromatic N) is 1. The van der Waals surface area contributed by atoms with Crippen molar-refractivity contribution in [2.45, 2.75) is 38.5 Å². The van der Waals surface area contributed by atoms with Crippen LogP contribution >= 0.6 is 0 Å². The topological polar surface area (TPSA) is 71.8 Å². The first-order chi connectivity index (χ1) is 9.56. The Morgan fingerprint density at radius 1 is 1.25 bits per heavy atom. The van der Waals surface area contributed by atoms with Crippen LogP contribution in [0, 0.1) is 0 Å². The van der Waals surface area contributed by atoms with Gasteiger partial charge < -0.3 is 10.7 Å². The molecule has 1 aromatic heterocycles. The number of hydrogen-bond acceptors (Lipinski definition) is 3. The van der Waals surface area contributed by atoms with Crippen LogP contribution in [0.5, 0.6) is 0 Å². The van der Waals surface area contributed by atoms with E-state index in [2.05, 4.69) is 22.1 Å². The maximum atomic E-state index is 12.2. The summed E-state index contributed by atoms with van der Waals surface area (Å²) in [6, 6.07) is 8.37. The second-order valence-electron chi connectivity index (χ2n) is 5.78. The van der Waals surface area contributed by atoms with Gasteiger partial charge >= 0.3 is 0 Å². The van der Waals surface area contributed by atoms with E-state index in [0.717, 1.165) is 12.8 Å². The van der Waals surface area contributed by atoms with E-state index in [4.69, 9.17) is 5.73 Å². The van der Waals surface area contributed by atoms with E-state index in [1.54, 1.807) is 0 Å². The number of aromatic amines is 1. The molecular weight excluding hydrogens is 250 g/mol. The Bertz CT molecular complexity index is 678. The highest BCUT2D eigenvalue weighted by atomic mass is 16.1. The minimum atomic E-state index is -0.0987. The standard InChI is InChI=1S/C16H19N3O/c1-9(2)13-14(17)18-15(19-16(13)20)12-7-10-5-3-4-6-11(10)8-12/h3-6,9,12H,7-8H2,1-2H3,(H3,17,18,19,20). The lowest BCUT2D eigenvalue weighted by molar-refractivity contribution is 0.672. The van der Waals surface area contributed by atoms with Crippen molar-refractivity contribution in [3.05, 3.63) is 57.1 Å². The van der Waals surface area contributed by atoms with Crippen LogP contribution in [0.3, 0.4) is 0 Å². The molecule has 0 spiro atoms. The predicted octanol–water partition coefficient (Wildman–Crippen LogP) is 2.36. The molecule has 1 heterocycles. The minimum Gasteiger partial charge on any atom is -0.383 e. The lowest BCUT2D eigenvalue weighted by Crippen LogP contribution is -2.22. The number of nitrogens with two attached hydrogens (primary N) is 1. The van der Waals surface area contributed by atoms with Crippen molar-refractivity contribution in [1.82, 2.24) is 9.97 Å². The van der Waals surface area contributed by atoms with E-state index >= 15 is 0 Å². The van der Waals surface area contributed by atoms with Crippen LogP contribution in [0.15, 0.2) is 29.1 Å². The number of rotatable bonds is 2. The lowest BCUT2D eigenvalue weighted by atomic mass is 10.0. The Balaban J connectivity index is 1.96. The van der Waals surface area contributed by atoms with E-state index in [9.17, 15) is 4.79 Å². The predicted molar refractivity (Wildman–Crippen MR) is 80.0 cm³/mol. The molecule has 0 saturated carbocycles. The number of aromatic nitrogens is 2. The summed E-state index contributed by atoms with van der Waals surface area (Å²) in [6.45, 7) is 3.90. The van der Waals surface area contributed by atoms with Gasteiger partial charge in [-0.05, 0) is 29.9 Å². The SMILES string of the molecule is CC(C)c1c(N)nc(C2Cc3ccccc3C2)[nH]c1=O. The zero-order chi connectivity index (χ0) is 14.3. The highest BCUT2D eigenvalue weighted by molar-refractivity contribution is 5.41. The first-order valence-corrected chi connectivity index (χ1v) is 7.02. The molecule has 0 amide bonds. The van der Waals surface area contributed by atoms with E-state index in [1.807, 2.05) is 26.0 Å². The van der Waals surface area contributed by atoms with E-state index in [0.29, 0.717) is 17.2 Å². The Kier molecular flexibility index (Phi) is 3.08. The van der Waals surface area contributed by atoms with Gasteiger partial charge in [-0.1, -0.05) is 38.1 Å². The summed E-state index contributed by atoms with van der Waals surface area (Å²) >= 11 is 0. The van der Waals surface area contributed by atoms with Crippen molar-refractivity contribution in [3.63, 3.8) is 0 Å². The summed E-state index contributed by atoms with van der Waals surface area (Å²) in [6.07, 6.45) is 1.83. The molecular formula is C16H19N3O. The van der Waals surface area contributed by atoms with E-state index < -0.39 is 0 Å². The number of H-pyrrole nitrogens is 1. The molecule has 4 heteroatoms. The fourth-order valence-corrected chi connectivity index (χ4v) is 3.02. The van der Waals surface area contributed by atoms with Gasteiger partial charge in [-0.15, -0.1) is 0 Å². The second-order valence-corrected chi connectivity index (χ2v) is 5.78. The molecule has 4 nitrogen and oxygen atoms in total. The number of fused-ring (bicyclic) bond motifs is 1. The Morgan fingerprint density at radius 2 is 1.85 bits per heavy atom. The summed E-state index contributed by atoms with van der Waals surface area (Å²) in [5, 5.41) is 0. The van der Waals surface area contributed by atoms with Gasteiger partial charge in [-0.2, -0.15) is 0 Å². The van der Waals surface area contributed by atoms with Crippen molar-refractivity contribution in [2.75, 3.05) is 5.73 Å². The summed E-state index contributed by atoms with van der Waals surface area (Å²) in [7, 11) is 0. The van der Waals surface area contributed by atoms with E-state index in [-0.39, 0.29) is 17.4 Å². The Labute approximate surface area is 118 Å². The van der Waals surface area contributed by atoms with Gasteiger partial charge in [0, 0.05) is 5.92 Å². The van der Waals surface area contributed by atoms with Gasteiger partial charge in [0.1, 0.15) is 11.6 Å². The zero-order valence-corrected chi connectivity index (χ0v) is 11.8. The van der Waals surface area contributed by atoms with Crippen molar-refractivity contribution in [2.24, 2.45) is 0 Å². The van der Waals surface area contributed by atoms with Crippen LogP contribution in [0.4, 0.5) is 5.82 Å². The molecule has 0 radical (unpaired) electrons. The summed E-state index contributed by atoms with van der Waals surface area (Å²) in [4.78, 5) is 19.5. The van der Waals surface area contributed by atoms with Crippen LogP contribution in [0.25, 0.3) is 0 Å². The van der Waals surface area contributed by atoms with Crippen molar-refractivity contribution in [1.29, 1.82) is 0 Å². The number of hydrogen-bond donors (Lipinski definition) is 2.